The van der Waals surface area contributed by atoms with Crippen molar-refractivity contribution in [3.8, 4) is 0 Å². The molecule has 3 nitrogen and oxygen atoms in total. The summed E-state index contributed by atoms with van der Waals surface area (Å²) >= 11 is 1.72. The van der Waals surface area contributed by atoms with Crippen LogP contribution in [-0.2, 0) is 4.79 Å². The number of rotatable bonds is 2. The molecular weight excluding hydrogens is 244 g/mol. The van der Waals surface area contributed by atoms with Gasteiger partial charge in [-0.05, 0) is 6.92 Å². The van der Waals surface area contributed by atoms with Gasteiger partial charge in [-0.1, -0.05) is 20.8 Å². The molecule has 1 rings (SSSR count). The van der Waals surface area contributed by atoms with Gasteiger partial charge in [-0.15, -0.1) is 24.2 Å². The van der Waals surface area contributed by atoms with Gasteiger partial charge in [0.05, 0.1) is 5.75 Å². The number of nitrogens with one attached hydrogen (secondary N) is 1. The van der Waals surface area contributed by atoms with E-state index in [1.165, 1.54) is 0 Å². The Hall–Kier alpha value is 0.0700. The van der Waals surface area contributed by atoms with Crippen LogP contribution < -0.4 is 5.32 Å². The first-order chi connectivity index (χ1) is 6.88. The summed E-state index contributed by atoms with van der Waals surface area (Å²) in [6.07, 6.45) is 0. The lowest BCUT2D eigenvalue weighted by molar-refractivity contribution is -0.129. The van der Waals surface area contributed by atoms with Crippen molar-refractivity contribution in [2.24, 2.45) is 0 Å². The fourth-order valence-electron chi connectivity index (χ4n) is 1.53. The van der Waals surface area contributed by atoms with Crippen LogP contribution in [0.2, 0.25) is 0 Å². The summed E-state index contributed by atoms with van der Waals surface area (Å²) in [6.45, 7) is 11.2. The minimum atomic E-state index is 0. The van der Waals surface area contributed by atoms with Crippen LogP contribution in [0.25, 0.3) is 0 Å². The Morgan fingerprint density at radius 3 is 2.62 bits per heavy atom. The summed E-state index contributed by atoms with van der Waals surface area (Å²) in [5.74, 6) is 0.888. The molecule has 1 amide bonds. The highest BCUT2D eigenvalue weighted by atomic mass is 35.5. The third-order valence-electron chi connectivity index (χ3n) is 2.35. The summed E-state index contributed by atoms with van der Waals surface area (Å²) < 4.78 is 0.176. The Kier molecular flexibility index (Phi) is 6.75. The number of hydrogen-bond acceptors (Lipinski definition) is 3. The van der Waals surface area contributed by atoms with E-state index >= 15 is 0 Å². The van der Waals surface area contributed by atoms with Crippen molar-refractivity contribution in [3.63, 3.8) is 0 Å². The third-order valence-corrected chi connectivity index (χ3v) is 3.61. The van der Waals surface area contributed by atoms with Crippen LogP contribution in [0.4, 0.5) is 0 Å². The highest BCUT2D eigenvalue weighted by molar-refractivity contribution is 8.01. The number of thioether (sulfide) groups is 1. The van der Waals surface area contributed by atoms with E-state index in [1.54, 1.807) is 11.8 Å². The molecule has 0 aromatic heterocycles. The number of nitrogens with zero attached hydrogens (tertiary/aromatic N) is 1. The number of carbonyl (C=O) groups is 1. The summed E-state index contributed by atoms with van der Waals surface area (Å²) in [5.41, 5.74) is 0. The minimum absolute atomic E-state index is 0. The Morgan fingerprint density at radius 1 is 1.50 bits per heavy atom. The zero-order chi connectivity index (χ0) is 11.5. The second-order valence-electron chi connectivity index (χ2n) is 5.10. The average molecular weight is 267 g/mol. The Balaban J connectivity index is 0.00000225. The molecule has 1 N–H and O–H groups in total. The van der Waals surface area contributed by atoms with Crippen molar-refractivity contribution in [1.82, 2.24) is 10.2 Å². The van der Waals surface area contributed by atoms with Gasteiger partial charge in [0.25, 0.3) is 0 Å². The molecule has 5 heteroatoms. The van der Waals surface area contributed by atoms with Crippen LogP contribution >= 0.6 is 24.2 Å². The van der Waals surface area contributed by atoms with Gasteiger partial charge >= 0.3 is 0 Å². The van der Waals surface area contributed by atoms with Gasteiger partial charge in [-0.3, -0.25) is 4.79 Å². The highest BCUT2D eigenvalue weighted by Crippen LogP contribution is 2.23. The van der Waals surface area contributed by atoms with Crippen molar-refractivity contribution in [3.05, 3.63) is 0 Å². The first kappa shape index (κ1) is 16.1. The van der Waals surface area contributed by atoms with Gasteiger partial charge in [-0.25, -0.2) is 0 Å². The molecule has 1 aliphatic rings. The number of piperazine rings is 1. The van der Waals surface area contributed by atoms with Crippen molar-refractivity contribution < 1.29 is 4.79 Å². The Morgan fingerprint density at radius 2 is 2.12 bits per heavy atom. The quantitative estimate of drug-likeness (QED) is 0.827. The fraction of sp³-hybridized carbons (Fsp3) is 0.909. The molecule has 1 saturated heterocycles. The molecule has 0 aliphatic carbocycles. The number of carbonyl (C=O) groups excluding carboxylic acids is 1. The van der Waals surface area contributed by atoms with Crippen molar-refractivity contribution >= 4 is 30.1 Å². The maximum absolute atomic E-state index is 11.9. The summed E-state index contributed by atoms with van der Waals surface area (Å²) in [6, 6.07) is 0.433. The van der Waals surface area contributed by atoms with Gasteiger partial charge in [0, 0.05) is 30.4 Å². The maximum Gasteiger partial charge on any atom is 0.232 e. The second-order valence-corrected chi connectivity index (χ2v) is 6.90. The minimum Gasteiger partial charge on any atom is -0.339 e. The first-order valence-electron chi connectivity index (χ1n) is 5.53. The third kappa shape index (κ3) is 5.97. The summed E-state index contributed by atoms with van der Waals surface area (Å²) in [4.78, 5) is 13.8. The zero-order valence-electron chi connectivity index (χ0n) is 10.6. The van der Waals surface area contributed by atoms with Gasteiger partial charge in [0.1, 0.15) is 0 Å². The maximum atomic E-state index is 11.9. The van der Waals surface area contributed by atoms with Crippen molar-refractivity contribution in [2.45, 2.75) is 38.5 Å². The zero-order valence-corrected chi connectivity index (χ0v) is 12.2. The van der Waals surface area contributed by atoms with Gasteiger partial charge in [0.15, 0.2) is 0 Å². The molecule has 0 spiro atoms. The van der Waals surface area contributed by atoms with E-state index in [9.17, 15) is 4.79 Å². The lowest BCUT2D eigenvalue weighted by atomic mass is 10.2. The van der Waals surface area contributed by atoms with Crippen molar-refractivity contribution in [2.75, 3.05) is 25.4 Å². The van der Waals surface area contributed by atoms with Crippen molar-refractivity contribution in [1.29, 1.82) is 0 Å². The first-order valence-corrected chi connectivity index (χ1v) is 6.52. The Labute approximate surface area is 109 Å². The second kappa shape index (κ2) is 6.72. The monoisotopic (exact) mass is 266 g/mol. The predicted molar refractivity (Wildman–Crippen MR) is 73.5 cm³/mol. The van der Waals surface area contributed by atoms with Crippen LogP contribution in [0, 0.1) is 0 Å². The SMILES string of the molecule is C[C@H]1CN(C(=O)CSC(C)(C)C)CCN1.Cl. The standard InChI is InChI=1S/C11H22N2OS.ClH/c1-9-7-13(6-5-12-9)10(14)8-15-11(2,3)4;/h9,12H,5-8H2,1-4H3;1H/t9-;/m0./s1. The number of amides is 1. The molecule has 0 aromatic rings. The molecule has 1 fully saturated rings. The smallest absolute Gasteiger partial charge is 0.232 e. The molecule has 16 heavy (non-hydrogen) atoms. The van der Waals surface area contributed by atoms with E-state index in [0.29, 0.717) is 11.8 Å². The van der Waals surface area contributed by atoms with E-state index in [0.717, 1.165) is 19.6 Å². The highest BCUT2D eigenvalue weighted by Gasteiger charge is 2.22. The van der Waals surface area contributed by atoms with Crippen LogP contribution in [0.5, 0.6) is 0 Å². The van der Waals surface area contributed by atoms with E-state index in [1.807, 2.05) is 4.90 Å². The van der Waals surface area contributed by atoms with E-state index in [2.05, 4.69) is 33.0 Å². The number of halogens is 1. The molecule has 0 unspecified atom stereocenters. The van der Waals surface area contributed by atoms with E-state index in [-0.39, 0.29) is 23.1 Å². The summed E-state index contributed by atoms with van der Waals surface area (Å²) in [7, 11) is 0. The van der Waals surface area contributed by atoms with E-state index in [4.69, 9.17) is 0 Å². The lowest BCUT2D eigenvalue weighted by Crippen LogP contribution is -2.51. The normalized spacial score (nSPS) is 21.5. The predicted octanol–water partition coefficient (Wildman–Crippen LogP) is 1.76. The van der Waals surface area contributed by atoms with E-state index < -0.39 is 0 Å². The molecule has 1 aliphatic heterocycles. The molecule has 96 valence electrons. The van der Waals surface area contributed by atoms with Gasteiger partial charge < -0.3 is 10.2 Å². The molecule has 0 radical (unpaired) electrons. The topological polar surface area (TPSA) is 32.3 Å². The van der Waals surface area contributed by atoms with Crippen LogP contribution in [0.15, 0.2) is 0 Å². The van der Waals surface area contributed by atoms with Crippen LogP contribution in [0.3, 0.4) is 0 Å². The lowest BCUT2D eigenvalue weighted by Gasteiger charge is -2.32. The fourth-order valence-corrected chi connectivity index (χ4v) is 2.27. The molecule has 1 atom stereocenters. The summed E-state index contributed by atoms with van der Waals surface area (Å²) in [5, 5.41) is 3.34. The van der Waals surface area contributed by atoms with Crippen LogP contribution in [0.1, 0.15) is 27.7 Å². The molecule has 0 bridgehead atoms. The molecule has 0 saturated carbocycles. The Bertz CT molecular complexity index is 231. The largest absolute Gasteiger partial charge is 0.339 e. The number of hydrogen-bond donors (Lipinski definition) is 1. The molecule has 1 heterocycles. The van der Waals surface area contributed by atoms with Gasteiger partial charge in [0.2, 0.25) is 5.91 Å². The molecular formula is C11H23ClN2OS. The molecule has 0 aromatic carbocycles. The average Bonchev–Trinajstić information content (AvgIpc) is 2.13. The van der Waals surface area contributed by atoms with Crippen LogP contribution in [-0.4, -0.2) is 47.0 Å². The van der Waals surface area contributed by atoms with Gasteiger partial charge in [-0.2, -0.15) is 0 Å².